The lowest BCUT2D eigenvalue weighted by Crippen LogP contribution is -2.27. The number of fused-ring (bicyclic) bond motifs is 2. The average Bonchev–Trinajstić information content (AvgIpc) is 2.98. The van der Waals surface area contributed by atoms with Gasteiger partial charge in [-0.15, -0.1) is 0 Å². The van der Waals surface area contributed by atoms with Crippen LogP contribution < -0.4 is 5.73 Å². The Hall–Kier alpha value is -3.17. The lowest BCUT2D eigenvalue weighted by Gasteiger charge is -2.28. The second kappa shape index (κ2) is 6.86. The molecule has 1 amide bonds. The average molecular weight is 373 g/mol. The van der Waals surface area contributed by atoms with Crippen LogP contribution in [0.4, 0.5) is 0 Å². The van der Waals surface area contributed by atoms with Gasteiger partial charge in [0.2, 0.25) is 5.91 Å². The number of primary amides is 1. The SMILES string of the molecule is N#CC1C(SCC(N)=O)=NC2=C(C(=O)c3ccccc32)C1c1ccccc1. The Morgan fingerprint density at radius 2 is 1.78 bits per heavy atom. The van der Waals surface area contributed by atoms with E-state index in [-0.39, 0.29) is 11.5 Å². The Morgan fingerprint density at radius 1 is 1.11 bits per heavy atom. The minimum atomic E-state index is -0.645. The molecule has 0 bridgehead atoms. The van der Waals surface area contributed by atoms with Crippen LogP contribution in [0.2, 0.25) is 0 Å². The molecule has 1 aliphatic carbocycles. The van der Waals surface area contributed by atoms with Gasteiger partial charge in [-0.1, -0.05) is 66.4 Å². The topological polar surface area (TPSA) is 96.3 Å². The number of carbonyl (C=O) groups is 2. The van der Waals surface area contributed by atoms with Crippen LogP contribution in [0.5, 0.6) is 0 Å². The second-order valence-electron chi connectivity index (χ2n) is 6.34. The number of thioether (sulfide) groups is 1. The maximum atomic E-state index is 13.1. The normalized spacial score (nSPS) is 20.6. The molecule has 2 aromatic carbocycles. The van der Waals surface area contributed by atoms with Crippen molar-refractivity contribution in [3.63, 3.8) is 0 Å². The first-order chi connectivity index (χ1) is 13.1. The van der Waals surface area contributed by atoms with E-state index in [1.54, 1.807) is 6.07 Å². The number of allylic oxidation sites excluding steroid dienone is 1. The number of hydrogen-bond donors (Lipinski definition) is 1. The standard InChI is InChI=1S/C21H15N3O2S/c22-10-15-17(12-6-2-1-3-7-12)18-19(24-21(15)27-11-16(23)25)13-8-4-5-9-14(13)20(18)26/h1-9,15,17H,11H2,(H2,23,25). The number of nitriles is 1. The summed E-state index contributed by atoms with van der Waals surface area (Å²) >= 11 is 1.17. The minimum absolute atomic E-state index is 0.0384. The Morgan fingerprint density at radius 3 is 2.44 bits per heavy atom. The van der Waals surface area contributed by atoms with Gasteiger partial charge in [-0.3, -0.25) is 9.59 Å². The summed E-state index contributed by atoms with van der Waals surface area (Å²) in [5.41, 5.74) is 8.69. The Balaban J connectivity index is 1.91. The number of aliphatic imine (C=N–C) groups is 1. The van der Waals surface area contributed by atoms with E-state index >= 15 is 0 Å². The van der Waals surface area contributed by atoms with Gasteiger partial charge in [0.15, 0.2) is 5.78 Å². The monoisotopic (exact) mass is 373 g/mol. The number of amides is 1. The van der Waals surface area contributed by atoms with E-state index in [1.807, 2.05) is 48.5 Å². The zero-order valence-electron chi connectivity index (χ0n) is 14.3. The molecular weight excluding hydrogens is 358 g/mol. The number of Topliss-reactive ketones (excluding diaryl/α,β-unsaturated/α-hetero) is 1. The highest BCUT2D eigenvalue weighted by atomic mass is 32.2. The quantitative estimate of drug-likeness (QED) is 0.894. The minimum Gasteiger partial charge on any atom is -0.369 e. The van der Waals surface area contributed by atoms with E-state index in [0.29, 0.717) is 21.9 Å². The van der Waals surface area contributed by atoms with Crippen molar-refractivity contribution in [1.82, 2.24) is 0 Å². The summed E-state index contributed by atoms with van der Waals surface area (Å²) in [6.07, 6.45) is 0. The molecule has 0 aromatic heterocycles. The van der Waals surface area contributed by atoms with Gasteiger partial charge in [-0.05, 0) is 5.56 Å². The third-order valence-electron chi connectivity index (χ3n) is 4.72. The van der Waals surface area contributed by atoms with Crippen LogP contribution in [0.25, 0.3) is 5.70 Å². The number of carbonyl (C=O) groups excluding carboxylic acids is 2. The van der Waals surface area contributed by atoms with Crippen LogP contribution in [-0.4, -0.2) is 22.5 Å². The van der Waals surface area contributed by atoms with E-state index in [0.717, 1.165) is 11.1 Å². The predicted octanol–water partition coefficient (Wildman–Crippen LogP) is 3.15. The van der Waals surface area contributed by atoms with E-state index < -0.39 is 17.7 Å². The maximum absolute atomic E-state index is 13.1. The molecule has 2 aromatic rings. The summed E-state index contributed by atoms with van der Waals surface area (Å²) < 4.78 is 0. The lowest BCUT2D eigenvalue weighted by atomic mass is 9.78. The molecule has 6 heteroatoms. The van der Waals surface area contributed by atoms with E-state index in [2.05, 4.69) is 11.1 Å². The van der Waals surface area contributed by atoms with Gasteiger partial charge in [0, 0.05) is 22.6 Å². The van der Waals surface area contributed by atoms with E-state index in [4.69, 9.17) is 5.73 Å². The van der Waals surface area contributed by atoms with Crippen molar-refractivity contribution in [3.05, 3.63) is 76.9 Å². The van der Waals surface area contributed by atoms with Crippen LogP contribution in [0.15, 0.2) is 65.2 Å². The third kappa shape index (κ3) is 2.86. The molecule has 0 saturated carbocycles. The summed E-state index contributed by atoms with van der Waals surface area (Å²) in [7, 11) is 0. The van der Waals surface area contributed by atoms with Crippen molar-refractivity contribution in [2.24, 2.45) is 16.6 Å². The van der Waals surface area contributed by atoms with Crippen molar-refractivity contribution >= 4 is 34.2 Å². The molecule has 0 spiro atoms. The number of nitrogens with zero attached hydrogens (tertiary/aromatic N) is 2. The first-order valence-electron chi connectivity index (χ1n) is 8.44. The summed E-state index contributed by atoms with van der Waals surface area (Å²) in [6.45, 7) is 0. The van der Waals surface area contributed by atoms with Gasteiger partial charge in [0.1, 0.15) is 5.92 Å². The highest BCUT2D eigenvalue weighted by Gasteiger charge is 2.44. The van der Waals surface area contributed by atoms with Crippen molar-refractivity contribution < 1.29 is 9.59 Å². The Bertz CT molecular complexity index is 1050. The highest BCUT2D eigenvalue weighted by molar-refractivity contribution is 8.14. The number of nitrogens with two attached hydrogens (primary N) is 1. The van der Waals surface area contributed by atoms with Gasteiger partial charge in [0.25, 0.3) is 0 Å². The molecular formula is C21H15N3O2S. The second-order valence-corrected chi connectivity index (χ2v) is 7.33. The van der Waals surface area contributed by atoms with Gasteiger partial charge in [-0.2, -0.15) is 5.26 Å². The molecule has 5 nitrogen and oxygen atoms in total. The van der Waals surface area contributed by atoms with Crippen LogP contribution in [0, 0.1) is 17.2 Å². The van der Waals surface area contributed by atoms with Crippen molar-refractivity contribution in [1.29, 1.82) is 5.26 Å². The van der Waals surface area contributed by atoms with Crippen molar-refractivity contribution in [2.45, 2.75) is 5.92 Å². The smallest absolute Gasteiger partial charge is 0.227 e. The van der Waals surface area contributed by atoms with E-state index in [1.165, 1.54) is 11.8 Å². The van der Waals surface area contributed by atoms with Crippen LogP contribution in [0.1, 0.15) is 27.4 Å². The molecule has 2 unspecified atom stereocenters. The predicted molar refractivity (Wildman–Crippen MR) is 105 cm³/mol. The molecule has 2 aliphatic rings. The highest BCUT2D eigenvalue weighted by Crippen LogP contribution is 2.48. The lowest BCUT2D eigenvalue weighted by molar-refractivity contribution is -0.115. The zero-order valence-corrected chi connectivity index (χ0v) is 15.1. The first-order valence-corrected chi connectivity index (χ1v) is 9.43. The van der Waals surface area contributed by atoms with Gasteiger partial charge in [-0.25, -0.2) is 4.99 Å². The largest absolute Gasteiger partial charge is 0.369 e. The molecule has 1 heterocycles. The fourth-order valence-corrected chi connectivity index (χ4v) is 4.41. The van der Waals surface area contributed by atoms with Crippen LogP contribution in [0.3, 0.4) is 0 Å². The summed E-state index contributed by atoms with van der Waals surface area (Å²) in [4.78, 5) is 29.0. The zero-order chi connectivity index (χ0) is 19.0. The van der Waals surface area contributed by atoms with Gasteiger partial charge < -0.3 is 5.73 Å². The number of rotatable bonds is 3. The molecule has 2 atom stereocenters. The third-order valence-corrected chi connectivity index (χ3v) is 5.79. The fraction of sp³-hybridized carbons (Fsp3) is 0.143. The van der Waals surface area contributed by atoms with Crippen molar-refractivity contribution in [3.8, 4) is 6.07 Å². The number of ketones is 1. The van der Waals surface area contributed by atoms with Gasteiger partial charge >= 0.3 is 0 Å². The van der Waals surface area contributed by atoms with Gasteiger partial charge in [0.05, 0.1) is 22.6 Å². The molecule has 4 rings (SSSR count). The Labute approximate surface area is 160 Å². The van der Waals surface area contributed by atoms with E-state index in [9.17, 15) is 14.9 Å². The Kier molecular flexibility index (Phi) is 4.38. The van der Waals surface area contributed by atoms with Crippen LogP contribution in [-0.2, 0) is 4.79 Å². The molecule has 0 radical (unpaired) electrons. The molecule has 132 valence electrons. The summed E-state index contributed by atoms with van der Waals surface area (Å²) in [5.74, 6) is -1.60. The maximum Gasteiger partial charge on any atom is 0.227 e. The molecule has 1 aliphatic heterocycles. The summed E-state index contributed by atoms with van der Waals surface area (Å²) in [6, 6.07) is 19.1. The number of hydrogen-bond acceptors (Lipinski definition) is 5. The fourth-order valence-electron chi connectivity index (χ4n) is 3.60. The number of benzene rings is 2. The molecule has 0 saturated heterocycles. The van der Waals surface area contributed by atoms with Crippen molar-refractivity contribution in [2.75, 3.05) is 5.75 Å². The van der Waals surface area contributed by atoms with Crippen LogP contribution >= 0.6 is 11.8 Å². The first kappa shape index (κ1) is 17.3. The molecule has 27 heavy (non-hydrogen) atoms. The molecule has 2 N–H and O–H groups in total. The molecule has 0 fully saturated rings. The summed E-state index contributed by atoms with van der Waals surface area (Å²) in [5, 5.41) is 10.4.